The number of benzene rings is 8. The van der Waals surface area contributed by atoms with Gasteiger partial charge in [0.1, 0.15) is 0 Å². The second-order valence-corrected chi connectivity index (χ2v) is 13.4. The minimum Gasteiger partial charge on any atom is -0.334 e. The first kappa shape index (κ1) is 27.9. The summed E-state index contributed by atoms with van der Waals surface area (Å²) in [6, 6.07) is 58.1. The van der Waals surface area contributed by atoms with Crippen LogP contribution in [-0.2, 0) is 6.42 Å². The lowest BCUT2D eigenvalue weighted by Gasteiger charge is -2.35. The molecule has 49 heavy (non-hydrogen) atoms. The monoisotopic (exact) mass is 626 g/mol. The molecule has 0 radical (unpaired) electrons. The predicted octanol–water partition coefficient (Wildman–Crippen LogP) is 12.3. The number of fused-ring (bicyclic) bond motifs is 10. The van der Waals surface area contributed by atoms with Crippen molar-refractivity contribution in [3.63, 3.8) is 0 Å². The third-order valence-corrected chi connectivity index (χ3v) is 10.6. The van der Waals surface area contributed by atoms with Crippen LogP contribution in [0.25, 0.3) is 65.8 Å². The minimum absolute atomic E-state index is 0.112. The molecule has 0 bridgehead atoms. The summed E-state index contributed by atoms with van der Waals surface area (Å²) in [5, 5.41) is 11.6. The van der Waals surface area contributed by atoms with Gasteiger partial charge < -0.3 is 9.47 Å². The Hall–Kier alpha value is -6.12. The fourth-order valence-electron chi connectivity index (χ4n) is 8.35. The summed E-state index contributed by atoms with van der Waals surface area (Å²) in [6.45, 7) is 2.23. The van der Waals surface area contributed by atoms with Gasteiger partial charge in [-0.05, 0) is 92.0 Å². The van der Waals surface area contributed by atoms with E-state index in [0.717, 1.165) is 6.42 Å². The summed E-state index contributed by atoms with van der Waals surface area (Å²) in [7, 11) is 0. The molecule has 0 saturated heterocycles. The molecule has 10 rings (SSSR count). The summed E-state index contributed by atoms with van der Waals surface area (Å²) < 4.78 is 2.50. The smallest absolute Gasteiger partial charge is 0.0580 e. The highest BCUT2D eigenvalue weighted by atomic mass is 15.2. The Morgan fingerprint density at radius 3 is 1.90 bits per heavy atom. The lowest BCUT2D eigenvalue weighted by Crippen LogP contribution is -2.34. The molecule has 0 N–H and O–H groups in total. The first-order valence-electron chi connectivity index (χ1n) is 17.2. The Labute approximate surface area is 285 Å². The van der Waals surface area contributed by atoms with Crippen LogP contribution < -0.4 is 4.90 Å². The Kier molecular flexibility index (Phi) is 6.25. The quantitative estimate of drug-likeness (QED) is 0.176. The highest BCUT2D eigenvalue weighted by Gasteiger charge is 2.28. The molecule has 0 spiro atoms. The highest BCUT2D eigenvalue weighted by molar-refractivity contribution is 6.25. The molecule has 0 fully saturated rings. The van der Waals surface area contributed by atoms with E-state index in [4.69, 9.17) is 0 Å². The van der Waals surface area contributed by atoms with Crippen molar-refractivity contribution in [1.82, 2.24) is 4.57 Å². The Morgan fingerprint density at radius 2 is 1.14 bits per heavy atom. The summed E-state index contributed by atoms with van der Waals surface area (Å²) in [4.78, 5) is 2.57. The molecule has 0 aliphatic heterocycles. The first-order valence-corrected chi connectivity index (χ1v) is 17.2. The molecular weight excluding hydrogens is 593 g/mol. The van der Waals surface area contributed by atoms with Gasteiger partial charge in [-0.1, -0.05) is 133 Å². The van der Waals surface area contributed by atoms with Gasteiger partial charge in [0.15, 0.2) is 0 Å². The number of hydrogen-bond donors (Lipinski definition) is 0. The fourth-order valence-corrected chi connectivity index (χ4v) is 8.35. The van der Waals surface area contributed by atoms with E-state index in [-0.39, 0.29) is 6.04 Å². The maximum Gasteiger partial charge on any atom is 0.0580 e. The van der Waals surface area contributed by atoms with Crippen LogP contribution in [0.15, 0.2) is 164 Å². The number of aryl methyl sites for hydroxylation is 1. The van der Waals surface area contributed by atoms with E-state index in [1.807, 2.05) is 0 Å². The lowest BCUT2D eigenvalue weighted by atomic mass is 9.92. The zero-order valence-electron chi connectivity index (χ0n) is 27.3. The maximum atomic E-state index is 2.57. The summed E-state index contributed by atoms with van der Waals surface area (Å²) >= 11 is 0. The molecule has 1 aromatic heterocycles. The van der Waals surface area contributed by atoms with Gasteiger partial charge in [-0.25, -0.2) is 0 Å². The molecule has 2 heteroatoms. The maximum absolute atomic E-state index is 2.57. The van der Waals surface area contributed by atoms with Crippen LogP contribution in [0.4, 0.5) is 11.4 Å². The minimum atomic E-state index is 0.112. The van der Waals surface area contributed by atoms with Crippen molar-refractivity contribution in [3.8, 4) is 5.69 Å². The molecule has 8 aromatic carbocycles. The van der Waals surface area contributed by atoms with E-state index in [1.165, 1.54) is 87.9 Å². The largest absolute Gasteiger partial charge is 0.334 e. The van der Waals surface area contributed by atoms with E-state index in [0.29, 0.717) is 0 Å². The van der Waals surface area contributed by atoms with Crippen LogP contribution >= 0.6 is 0 Å². The van der Waals surface area contributed by atoms with Crippen LogP contribution in [0.3, 0.4) is 0 Å². The highest BCUT2D eigenvalue weighted by Crippen LogP contribution is 2.42. The Morgan fingerprint density at radius 1 is 0.531 bits per heavy atom. The molecule has 9 aromatic rings. The Bertz CT molecular complexity index is 2750. The van der Waals surface area contributed by atoms with Crippen LogP contribution in [-0.4, -0.2) is 10.6 Å². The molecule has 232 valence electrons. The third-order valence-electron chi connectivity index (χ3n) is 10.6. The van der Waals surface area contributed by atoms with Crippen LogP contribution in [0.5, 0.6) is 0 Å². The standard InChI is InChI=1S/C47H34N2/c1-31-12-2-10-20-45(31)48(35-24-26-41-39-17-6-5-15-37(39)38-16-7-8-18-40(38)44(41)29-35)36-25-27-43-42-19-9-11-21-46(42)49(47(43)30-36)34-23-22-32-13-3-4-14-33(32)28-34/h2-29,36H,30H2,1H3. The van der Waals surface area contributed by atoms with Gasteiger partial charge in [-0.3, -0.25) is 0 Å². The van der Waals surface area contributed by atoms with Crippen LogP contribution in [0, 0.1) is 6.92 Å². The van der Waals surface area contributed by atoms with Crippen molar-refractivity contribution in [3.05, 3.63) is 181 Å². The Balaban J connectivity index is 1.18. The zero-order chi connectivity index (χ0) is 32.5. The molecule has 1 unspecified atom stereocenters. The number of hydrogen-bond acceptors (Lipinski definition) is 1. The molecule has 1 aliphatic carbocycles. The van der Waals surface area contributed by atoms with E-state index in [2.05, 4.69) is 186 Å². The van der Waals surface area contributed by atoms with Crippen molar-refractivity contribution in [1.29, 1.82) is 0 Å². The molecule has 1 heterocycles. The fraction of sp³-hybridized carbons (Fsp3) is 0.0638. The van der Waals surface area contributed by atoms with Crippen LogP contribution in [0.2, 0.25) is 0 Å². The zero-order valence-corrected chi connectivity index (χ0v) is 27.3. The molecular formula is C47H34N2. The number of nitrogens with zero attached hydrogens (tertiary/aromatic N) is 2. The average molecular weight is 627 g/mol. The second-order valence-electron chi connectivity index (χ2n) is 13.4. The van der Waals surface area contributed by atoms with Gasteiger partial charge in [0.05, 0.1) is 11.6 Å². The SMILES string of the molecule is Cc1ccccc1N(c1ccc2c3ccccc3c3ccccc3c2c1)C1C=Cc2c(n(-c3ccc4ccccc4c3)c3ccccc23)C1. The average Bonchev–Trinajstić information content (AvgIpc) is 3.49. The lowest BCUT2D eigenvalue weighted by molar-refractivity contribution is 0.737. The first-order chi connectivity index (χ1) is 24.2. The van der Waals surface area contributed by atoms with Crippen molar-refractivity contribution in [2.45, 2.75) is 19.4 Å². The molecule has 1 aliphatic rings. The number of anilines is 2. The summed E-state index contributed by atoms with van der Waals surface area (Å²) in [5.74, 6) is 0. The molecule has 2 nitrogen and oxygen atoms in total. The van der Waals surface area contributed by atoms with E-state index >= 15 is 0 Å². The molecule has 0 amide bonds. The number of rotatable bonds is 4. The summed E-state index contributed by atoms with van der Waals surface area (Å²) in [5.41, 5.74) is 8.82. The van der Waals surface area contributed by atoms with Crippen molar-refractivity contribution < 1.29 is 0 Å². The topological polar surface area (TPSA) is 8.17 Å². The van der Waals surface area contributed by atoms with Gasteiger partial charge >= 0.3 is 0 Å². The number of para-hydroxylation sites is 2. The van der Waals surface area contributed by atoms with Crippen molar-refractivity contribution in [2.75, 3.05) is 4.90 Å². The van der Waals surface area contributed by atoms with E-state index < -0.39 is 0 Å². The van der Waals surface area contributed by atoms with Crippen LogP contribution in [0.1, 0.15) is 16.8 Å². The van der Waals surface area contributed by atoms with E-state index in [9.17, 15) is 0 Å². The van der Waals surface area contributed by atoms with Crippen molar-refractivity contribution in [2.24, 2.45) is 0 Å². The van der Waals surface area contributed by atoms with Crippen molar-refractivity contribution >= 4 is 71.4 Å². The predicted molar refractivity (Wildman–Crippen MR) is 210 cm³/mol. The second kappa shape index (κ2) is 11.0. The van der Waals surface area contributed by atoms with Gasteiger partial charge in [-0.2, -0.15) is 0 Å². The third kappa shape index (κ3) is 4.34. The van der Waals surface area contributed by atoms with Gasteiger partial charge in [0, 0.05) is 40.1 Å². The van der Waals surface area contributed by atoms with Gasteiger partial charge in [0.25, 0.3) is 0 Å². The molecule has 1 atom stereocenters. The van der Waals surface area contributed by atoms with Gasteiger partial charge in [0.2, 0.25) is 0 Å². The normalized spacial score (nSPS) is 14.3. The number of aromatic nitrogens is 1. The molecule has 0 saturated carbocycles. The summed E-state index contributed by atoms with van der Waals surface area (Å²) in [6.07, 6.45) is 5.67. The van der Waals surface area contributed by atoms with E-state index in [1.54, 1.807) is 0 Å². The van der Waals surface area contributed by atoms with Gasteiger partial charge in [-0.15, -0.1) is 0 Å².